The highest BCUT2D eigenvalue weighted by molar-refractivity contribution is 7.88. The number of carbonyl (C=O) groups excluding carboxylic acids is 3. The largest absolute Gasteiger partial charge is 0.496 e. The van der Waals surface area contributed by atoms with Gasteiger partial charge in [-0.05, 0) is 34.6 Å². The van der Waals surface area contributed by atoms with Crippen LogP contribution in [0.1, 0.15) is 48.7 Å². The molecule has 0 aliphatic carbocycles. The maximum Gasteiger partial charge on any atom is 0.328 e. The highest BCUT2D eigenvalue weighted by Gasteiger charge is 2.32. The summed E-state index contributed by atoms with van der Waals surface area (Å²) in [6.45, 7) is 6.18. The molecule has 0 saturated carbocycles. The first kappa shape index (κ1) is 25.7. The molecule has 0 atom stereocenters. The first-order chi connectivity index (χ1) is 15.8. The van der Waals surface area contributed by atoms with Crippen LogP contribution >= 0.6 is 11.3 Å². The second-order valence-electron chi connectivity index (χ2n) is 8.90. The van der Waals surface area contributed by atoms with E-state index < -0.39 is 27.4 Å². The van der Waals surface area contributed by atoms with Gasteiger partial charge in [0.25, 0.3) is 5.91 Å². The fourth-order valence-corrected chi connectivity index (χ4v) is 4.69. The maximum atomic E-state index is 13.3. The molecule has 2 heterocycles. The van der Waals surface area contributed by atoms with Gasteiger partial charge in [0.05, 0.1) is 29.6 Å². The van der Waals surface area contributed by atoms with Gasteiger partial charge in [0.15, 0.2) is 0 Å². The Bertz CT molecular complexity index is 1210. The number of ether oxygens (including phenoxy) is 1. The number of hydrogen-bond donors (Lipinski definition) is 3. The van der Waals surface area contributed by atoms with Crippen LogP contribution in [0.5, 0.6) is 5.75 Å². The monoisotopic (exact) mass is 508 g/mol. The molecule has 3 rings (SSSR count). The summed E-state index contributed by atoms with van der Waals surface area (Å²) in [6, 6.07) is 4.28. The first-order valence-corrected chi connectivity index (χ1v) is 13.2. The van der Waals surface area contributed by atoms with Crippen molar-refractivity contribution in [2.75, 3.05) is 30.1 Å². The molecule has 34 heavy (non-hydrogen) atoms. The van der Waals surface area contributed by atoms with E-state index in [-0.39, 0.29) is 36.7 Å². The van der Waals surface area contributed by atoms with Crippen molar-refractivity contribution in [3.63, 3.8) is 0 Å². The van der Waals surface area contributed by atoms with Gasteiger partial charge in [0.2, 0.25) is 15.9 Å². The van der Waals surface area contributed by atoms with E-state index in [1.165, 1.54) is 24.5 Å². The van der Waals surface area contributed by atoms with Gasteiger partial charge < -0.3 is 15.4 Å². The molecule has 1 aliphatic rings. The summed E-state index contributed by atoms with van der Waals surface area (Å²) >= 11 is 1.24. The predicted octanol–water partition coefficient (Wildman–Crippen LogP) is 2.80. The van der Waals surface area contributed by atoms with Gasteiger partial charge in [0, 0.05) is 25.1 Å². The van der Waals surface area contributed by atoms with Crippen LogP contribution in [0, 0.1) is 0 Å². The van der Waals surface area contributed by atoms with E-state index in [1.807, 2.05) is 20.8 Å². The van der Waals surface area contributed by atoms with Gasteiger partial charge in [-0.2, -0.15) is 0 Å². The Labute approximate surface area is 202 Å². The molecule has 1 aliphatic heterocycles. The van der Waals surface area contributed by atoms with Gasteiger partial charge in [-0.3, -0.25) is 9.59 Å². The number of nitrogens with one attached hydrogen (secondary N) is 3. The van der Waals surface area contributed by atoms with Gasteiger partial charge in [-0.1, -0.05) is 20.8 Å². The first-order valence-electron chi connectivity index (χ1n) is 10.5. The maximum absolute atomic E-state index is 13.3. The molecule has 0 spiro atoms. The average molecular weight is 509 g/mol. The van der Waals surface area contributed by atoms with Crippen LogP contribution in [0.15, 0.2) is 23.6 Å². The zero-order valence-electron chi connectivity index (χ0n) is 19.6. The van der Waals surface area contributed by atoms with Gasteiger partial charge in [0.1, 0.15) is 5.75 Å². The van der Waals surface area contributed by atoms with E-state index >= 15 is 0 Å². The summed E-state index contributed by atoms with van der Waals surface area (Å²) in [5.74, 6) is -0.505. The molecule has 184 valence electrons. The van der Waals surface area contributed by atoms with Gasteiger partial charge >= 0.3 is 6.03 Å². The van der Waals surface area contributed by atoms with Crippen LogP contribution in [0.2, 0.25) is 0 Å². The number of anilines is 2. The number of carbonyl (C=O) groups is 3. The normalized spacial score (nSPS) is 14.7. The molecule has 1 aromatic carbocycles. The highest BCUT2D eigenvalue weighted by atomic mass is 32.2. The second kappa shape index (κ2) is 9.72. The van der Waals surface area contributed by atoms with E-state index in [1.54, 1.807) is 17.5 Å². The summed E-state index contributed by atoms with van der Waals surface area (Å²) < 4.78 is 30.6. The fraction of sp³-hybridized carbons (Fsp3) is 0.409. The molecule has 10 nitrogen and oxygen atoms in total. The Morgan fingerprint density at radius 1 is 1.24 bits per heavy atom. The Hall–Kier alpha value is -2.96. The summed E-state index contributed by atoms with van der Waals surface area (Å²) in [4.78, 5) is 39.3. The average Bonchev–Trinajstić information content (AvgIpc) is 3.17. The summed E-state index contributed by atoms with van der Waals surface area (Å²) in [5.41, 5.74) is 1.34. The van der Waals surface area contributed by atoms with Crippen molar-refractivity contribution in [3.8, 4) is 5.75 Å². The molecular weight excluding hydrogens is 480 g/mol. The number of methoxy groups -OCH3 is 1. The van der Waals surface area contributed by atoms with Crippen LogP contribution < -0.4 is 25.0 Å². The summed E-state index contributed by atoms with van der Waals surface area (Å²) in [6.07, 6.45) is 1.23. The van der Waals surface area contributed by atoms with Crippen molar-refractivity contribution in [1.29, 1.82) is 0 Å². The lowest BCUT2D eigenvalue weighted by molar-refractivity contribution is -0.118. The number of amides is 4. The molecule has 0 bridgehead atoms. The number of nitrogens with zero attached hydrogens (tertiary/aromatic N) is 1. The van der Waals surface area contributed by atoms with E-state index in [4.69, 9.17) is 4.74 Å². The number of thiophene rings is 1. The van der Waals surface area contributed by atoms with E-state index in [0.29, 0.717) is 21.9 Å². The molecule has 1 saturated heterocycles. The van der Waals surface area contributed by atoms with Crippen molar-refractivity contribution in [1.82, 2.24) is 10.0 Å². The molecule has 0 radical (unpaired) electrons. The number of imide groups is 1. The Balaban J connectivity index is 1.99. The van der Waals surface area contributed by atoms with Crippen LogP contribution in [0.3, 0.4) is 0 Å². The molecular formula is C22H28N4O6S2. The van der Waals surface area contributed by atoms with E-state index in [9.17, 15) is 22.8 Å². The highest BCUT2D eigenvalue weighted by Crippen LogP contribution is 2.39. The van der Waals surface area contributed by atoms with Crippen molar-refractivity contribution >= 4 is 49.9 Å². The van der Waals surface area contributed by atoms with Gasteiger partial charge in [-0.25, -0.2) is 22.8 Å². The third-order valence-electron chi connectivity index (χ3n) is 5.09. The summed E-state index contributed by atoms with van der Waals surface area (Å²) in [5, 5.41) is 7.69. The second-order valence-corrected chi connectivity index (χ2v) is 11.6. The smallest absolute Gasteiger partial charge is 0.328 e. The quantitative estimate of drug-likeness (QED) is 0.527. The van der Waals surface area contributed by atoms with Crippen LogP contribution in [-0.4, -0.2) is 46.2 Å². The zero-order chi connectivity index (χ0) is 25.3. The molecule has 1 fully saturated rings. The van der Waals surface area contributed by atoms with Crippen molar-refractivity contribution in [2.24, 2.45) is 0 Å². The molecule has 12 heteroatoms. The number of hydrogen-bond acceptors (Lipinski definition) is 7. The predicted molar refractivity (Wildman–Crippen MR) is 131 cm³/mol. The van der Waals surface area contributed by atoms with Crippen LogP contribution in [-0.2, 0) is 26.8 Å². The Morgan fingerprint density at radius 3 is 2.53 bits per heavy atom. The number of benzene rings is 1. The minimum Gasteiger partial charge on any atom is -0.496 e. The van der Waals surface area contributed by atoms with Gasteiger partial charge in [-0.15, -0.1) is 11.3 Å². The lowest BCUT2D eigenvalue weighted by atomic mass is 9.84. The molecule has 0 unspecified atom stereocenters. The Kier molecular flexibility index (Phi) is 7.34. The lowest BCUT2D eigenvalue weighted by Gasteiger charge is -2.29. The molecule has 4 amide bonds. The van der Waals surface area contributed by atoms with E-state index in [2.05, 4.69) is 15.4 Å². The lowest BCUT2D eigenvalue weighted by Crippen LogP contribution is -2.50. The third-order valence-corrected chi connectivity index (χ3v) is 6.65. The number of urea groups is 1. The number of rotatable bonds is 7. The molecule has 2 aromatic rings. The zero-order valence-corrected chi connectivity index (χ0v) is 21.3. The minimum absolute atomic E-state index is 0.102. The SMILES string of the molecule is COc1c(C(=O)Nc2cc(CNS(C)(=O)=O)cs2)cc(N2C(=O)CCNC2=O)cc1C(C)(C)C. The van der Waals surface area contributed by atoms with E-state index in [0.717, 1.165) is 11.2 Å². The minimum atomic E-state index is -3.35. The van der Waals surface area contributed by atoms with Crippen molar-refractivity contribution in [2.45, 2.75) is 39.2 Å². The van der Waals surface area contributed by atoms with Crippen LogP contribution in [0.4, 0.5) is 15.5 Å². The van der Waals surface area contributed by atoms with Crippen LogP contribution in [0.25, 0.3) is 0 Å². The number of sulfonamides is 1. The molecule has 1 aromatic heterocycles. The third kappa shape index (κ3) is 5.93. The fourth-order valence-electron chi connectivity index (χ4n) is 3.46. The topological polar surface area (TPSA) is 134 Å². The standard InChI is InChI=1S/C22H28N4O6S2/c1-22(2,3)16-10-14(26-18(27)6-7-23-21(26)29)9-15(19(16)32-4)20(28)25-17-8-13(12-33-17)11-24-34(5,30)31/h8-10,12,24H,6-7,11H2,1-5H3,(H,23,29)(H,25,28). The summed E-state index contributed by atoms with van der Waals surface area (Å²) in [7, 11) is -1.89. The van der Waals surface area contributed by atoms with Crippen molar-refractivity contribution in [3.05, 3.63) is 40.3 Å². The molecule has 3 N–H and O–H groups in total. The van der Waals surface area contributed by atoms with Crippen molar-refractivity contribution < 1.29 is 27.5 Å². The Morgan fingerprint density at radius 2 is 1.94 bits per heavy atom.